The second kappa shape index (κ2) is 6.02. The monoisotopic (exact) mass is 168 g/mol. The molecule has 2 heteroatoms. The molecule has 0 aromatic carbocycles. The van der Waals surface area contributed by atoms with Crippen molar-refractivity contribution in [2.24, 2.45) is 0 Å². The SMILES string of the molecule is CC(C)N(CCCC#N)C(C)C. The lowest BCUT2D eigenvalue weighted by molar-refractivity contribution is 0.173. The summed E-state index contributed by atoms with van der Waals surface area (Å²) >= 11 is 0. The molecule has 0 aromatic heterocycles. The lowest BCUT2D eigenvalue weighted by Crippen LogP contribution is -2.37. The van der Waals surface area contributed by atoms with Crippen molar-refractivity contribution in [3.63, 3.8) is 0 Å². The van der Waals surface area contributed by atoms with Crippen molar-refractivity contribution in [1.82, 2.24) is 4.90 Å². The third kappa shape index (κ3) is 4.35. The van der Waals surface area contributed by atoms with Crippen molar-refractivity contribution in [1.29, 1.82) is 5.26 Å². The highest BCUT2D eigenvalue weighted by Gasteiger charge is 2.11. The van der Waals surface area contributed by atoms with Crippen molar-refractivity contribution in [3.05, 3.63) is 0 Å². The third-order valence-electron chi connectivity index (χ3n) is 2.03. The van der Waals surface area contributed by atoms with Crippen molar-refractivity contribution < 1.29 is 0 Å². The minimum atomic E-state index is 0.587. The van der Waals surface area contributed by atoms with E-state index in [4.69, 9.17) is 5.26 Å². The fourth-order valence-electron chi connectivity index (χ4n) is 1.45. The van der Waals surface area contributed by atoms with Crippen molar-refractivity contribution >= 4 is 0 Å². The number of unbranched alkanes of at least 4 members (excludes halogenated alkanes) is 1. The molecule has 0 amide bonds. The lowest BCUT2D eigenvalue weighted by Gasteiger charge is -2.30. The molecule has 2 nitrogen and oxygen atoms in total. The van der Waals surface area contributed by atoms with Crippen LogP contribution >= 0.6 is 0 Å². The Morgan fingerprint density at radius 2 is 1.67 bits per heavy atom. The van der Waals surface area contributed by atoms with Crippen LogP contribution < -0.4 is 0 Å². The molecule has 0 unspecified atom stereocenters. The fourth-order valence-corrected chi connectivity index (χ4v) is 1.45. The van der Waals surface area contributed by atoms with Gasteiger partial charge in [-0.05, 0) is 40.7 Å². The van der Waals surface area contributed by atoms with Gasteiger partial charge >= 0.3 is 0 Å². The number of hydrogen-bond donors (Lipinski definition) is 0. The molecule has 0 atom stereocenters. The van der Waals surface area contributed by atoms with Crippen LogP contribution in [-0.2, 0) is 0 Å². The first-order valence-electron chi connectivity index (χ1n) is 4.72. The van der Waals surface area contributed by atoms with E-state index in [-0.39, 0.29) is 0 Å². The topological polar surface area (TPSA) is 27.0 Å². The minimum Gasteiger partial charge on any atom is -0.299 e. The normalized spacial score (nSPS) is 11.2. The summed E-state index contributed by atoms with van der Waals surface area (Å²) in [6.45, 7) is 9.85. The maximum absolute atomic E-state index is 8.39. The van der Waals surface area contributed by atoms with Gasteiger partial charge in [0.15, 0.2) is 0 Å². The summed E-state index contributed by atoms with van der Waals surface area (Å²) in [6.07, 6.45) is 1.67. The summed E-state index contributed by atoms with van der Waals surface area (Å²) in [5, 5.41) is 8.39. The highest BCUT2D eigenvalue weighted by Crippen LogP contribution is 2.06. The largest absolute Gasteiger partial charge is 0.299 e. The number of rotatable bonds is 5. The fraction of sp³-hybridized carbons (Fsp3) is 0.900. The van der Waals surface area contributed by atoms with Gasteiger partial charge in [-0.15, -0.1) is 0 Å². The van der Waals surface area contributed by atoms with Crippen LogP contribution in [-0.4, -0.2) is 23.5 Å². The van der Waals surface area contributed by atoms with E-state index in [1.807, 2.05) is 0 Å². The highest BCUT2D eigenvalue weighted by molar-refractivity contribution is 4.72. The average molecular weight is 168 g/mol. The van der Waals surface area contributed by atoms with Crippen LogP contribution in [0.5, 0.6) is 0 Å². The van der Waals surface area contributed by atoms with Gasteiger partial charge in [0.2, 0.25) is 0 Å². The Morgan fingerprint density at radius 1 is 1.17 bits per heavy atom. The molecule has 0 radical (unpaired) electrons. The number of nitriles is 1. The van der Waals surface area contributed by atoms with Crippen molar-refractivity contribution in [2.45, 2.75) is 52.6 Å². The van der Waals surface area contributed by atoms with E-state index < -0.39 is 0 Å². The third-order valence-corrected chi connectivity index (χ3v) is 2.03. The van der Waals surface area contributed by atoms with E-state index >= 15 is 0 Å². The maximum atomic E-state index is 8.39. The zero-order valence-corrected chi connectivity index (χ0v) is 8.67. The summed E-state index contributed by atoms with van der Waals surface area (Å²) in [6, 6.07) is 3.35. The van der Waals surface area contributed by atoms with Crippen LogP contribution in [0.2, 0.25) is 0 Å². The molecule has 0 heterocycles. The van der Waals surface area contributed by atoms with E-state index in [0.717, 1.165) is 13.0 Å². The molecule has 0 aliphatic rings. The van der Waals surface area contributed by atoms with Gasteiger partial charge in [-0.2, -0.15) is 5.26 Å². The number of nitrogens with zero attached hydrogens (tertiary/aromatic N) is 2. The summed E-state index contributed by atoms with van der Waals surface area (Å²) in [5.41, 5.74) is 0. The first kappa shape index (κ1) is 11.4. The van der Waals surface area contributed by atoms with Gasteiger partial charge in [-0.1, -0.05) is 0 Å². The predicted molar refractivity (Wildman–Crippen MR) is 51.8 cm³/mol. The van der Waals surface area contributed by atoms with E-state index in [1.165, 1.54) is 0 Å². The molecule has 0 rings (SSSR count). The van der Waals surface area contributed by atoms with E-state index in [1.54, 1.807) is 0 Å². The first-order chi connectivity index (χ1) is 5.59. The van der Waals surface area contributed by atoms with Gasteiger partial charge < -0.3 is 0 Å². The van der Waals surface area contributed by atoms with Gasteiger partial charge in [-0.25, -0.2) is 0 Å². The maximum Gasteiger partial charge on any atom is 0.0622 e. The van der Waals surface area contributed by atoms with Gasteiger partial charge in [0.05, 0.1) is 6.07 Å². The minimum absolute atomic E-state index is 0.587. The van der Waals surface area contributed by atoms with E-state index in [2.05, 4.69) is 38.7 Å². The quantitative estimate of drug-likeness (QED) is 0.589. The molecule has 0 bridgehead atoms. The average Bonchev–Trinajstić information content (AvgIpc) is 1.96. The van der Waals surface area contributed by atoms with Crippen LogP contribution in [0.25, 0.3) is 0 Å². The molecule has 0 spiro atoms. The summed E-state index contributed by atoms with van der Waals surface area (Å²) in [5.74, 6) is 0. The molecule has 0 N–H and O–H groups in total. The van der Waals surface area contributed by atoms with Crippen LogP contribution in [0.1, 0.15) is 40.5 Å². The summed E-state index contributed by atoms with van der Waals surface area (Å²) < 4.78 is 0. The smallest absolute Gasteiger partial charge is 0.0622 e. The molecule has 0 saturated carbocycles. The van der Waals surface area contributed by atoms with Gasteiger partial charge in [0.25, 0.3) is 0 Å². The Kier molecular flexibility index (Phi) is 5.74. The molecular weight excluding hydrogens is 148 g/mol. The van der Waals surface area contributed by atoms with Crippen molar-refractivity contribution in [3.8, 4) is 6.07 Å². The molecule has 0 aliphatic heterocycles. The predicted octanol–water partition coefficient (Wildman–Crippen LogP) is 2.41. The van der Waals surface area contributed by atoms with Gasteiger partial charge in [0, 0.05) is 18.5 Å². The van der Waals surface area contributed by atoms with Crippen LogP contribution in [0.4, 0.5) is 0 Å². The first-order valence-corrected chi connectivity index (χ1v) is 4.72. The summed E-state index contributed by atoms with van der Waals surface area (Å²) in [4.78, 5) is 2.41. The van der Waals surface area contributed by atoms with Crippen LogP contribution in [0, 0.1) is 11.3 Å². The van der Waals surface area contributed by atoms with E-state index in [0.29, 0.717) is 18.5 Å². The number of hydrogen-bond acceptors (Lipinski definition) is 2. The Labute approximate surface area is 76.2 Å². The Bertz CT molecular complexity index is 136. The van der Waals surface area contributed by atoms with Crippen molar-refractivity contribution in [2.75, 3.05) is 6.54 Å². The Balaban J connectivity index is 3.74. The Hall–Kier alpha value is -0.550. The molecule has 0 aromatic rings. The molecule has 0 aliphatic carbocycles. The van der Waals surface area contributed by atoms with E-state index in [9.17, 15) is 0 Å². The van der Waals surface area contributed by atoms with Gasteiger partial charge in [0.1, 0.15) is 0 Å². The molecular formula is C10H20N2. The standard InChI is InChI=1S/C10H20N2/c1-9(2)12(10(3)4)8-6-5-7-11/h9-10H,5-6,8H2,1-4H3. The molecule has 0 fully saturated rings. The van der Waals surface area contributed by atoms with Crippen LogP contribution in [0.3, 0.4) is 0 Å². The van der Waals surface area contributed by atoms with Gasteiger partial charge in [-0.3, -0.25) is 4.90 Å². The van der Waals surface area contributed by atoms with Crippen LogP contribution in [0.15, 0.2) is 0 Å². The molecule has 0 saturated heterocycles. The summed E-state index contributed by atoms with van der Waals surface area (Å²) in [7, 11) is 0. The Morgan fingerprint density at radius 3 is 2.00 bits per heavy atom. The molecule has 70 valence electrons. The second-order valence-corrected chi connectivity index (χ2v) is 3.69. The second-order valence-electron chi connectivity index (χ2n) is 3.69. The lowest BCUT2D eigenvalue weighted by atomic mass is 10.2. The zero-order valence-electron chi connectivity index (χ0n) is 8.67. The zero-order chi connectivity index (χ0) is 9.56. The molecule has 12 heavy (non-hydrogen) atoms. The highest BCUT2D eigenvalue weighted by atomic mass is 15.2.